The van der Waals surface area contributed by atoms with Gasteiger partial charge in [-0.05, 0) is 30.3 Å². The average molecular weight is 286 g/mol. The average Bonchev–Trinajstić information content (AvgIpc) is 2.36. The fraction of sp³-hybridized carbons (Fsp3) is 0.0667. The Morgan fingerprint density at radius 2 is 1.82 bits per heavy atom. The molecule has 0 heterocycles. The minimum Gasteiger partial charge on any atom is -0.374 e. The van der Waals surface area contributed by atoms with Crippen molar-refractivity contribution in [2.75, 3.05) is 11.9 Å². The lowest BCUT2D eigenvalue weighted by Gasteiger charge is -2.01. The molecular formula is C15H12BrN. The number of anilines is 1. The summed E-state index contributed by atoms with van der Waals surface area (Å²) in [6.45, 7) is 0.644. The summed E-state index contributed by atoms with van der Waals surface area (Å²) in [6, 6.07) is 18.0. The van der Waals surface area contributed by atoms with E-state index < -0.39 is 0 Å². The second-order valence-electron chi connectivity index (χ2n) is 3.53. The molecule has 0 atom stereocenters. The molecule has 0 bridgehead atoms. The number of nitrogens with one attached hydrogen (secondary N) is 1. The quantitative estimate of drug-likeness (QED) is 0.825. The molecule has 2 rings (SSSR count). The summed E-state index contributed by atoms with van der Waals surface area (Å²) in [5.41, 5.74) is 2.12. The SMILES string of the molecule is Brc1cccc(NCC#Cc2ccccc2)c1. The van der Waals surface area contributed by atoms with Gasteiger partial charge in [0.1, 0.15) is 0 Å². The third kappa shape index (κ3) is 3.97. The van der Waals surface area contributed by atoms with Crippen molar-refractivity contribution in [1.82, 2.24) is 0 Å². The molecule has 1 N–H and O–H groups in total. The van der Waals surface area contributed by atoms with Gasteiger partial charge in [-0.15, -0.1) is 0 Å². The Labute approximate surface area is 110 Å². The highest BCUT2D eigenvalue weighted by atomic mass is 79.9. The molecule has 0 amide bonds. The summed E-state index contributed by atoms with van der Waals surface area (Å²) in [5.74, 6) is 6.20. The fourth-order valence-corrected chi connectivity index (χ4v) is 1.81. The van der Waals surface area contributed by atoms with Crippen LogP contribution in [0.3, 0.4) is 0 Å². The van der Waals surface area contributed by atoms with E-state index in [0.717, 1.165) is 15.7 Å². The molecule has 0 spiro atoms. The molecule has 1 nitrogen and oxygen atoms in total. The number of rotatable bonds is 2. The van der Waals surface area contributed by atoms with Gasteiger partial charge in [0.15, 0.2) is 0 Å². The lowest BCUT2D eigenvalue weighted by molar-refractivity contribution is 1.37. The Hall–Kier alpha value is -1.72. The maximum atomic E-state index is 3.43. The summed E-state index contributed by atoms with van der Waals surface area (Å²) < 4.78 is 1.07. The predicted molar refractivity (Wildman–Crippen MR) is 76.0 cm³/mol. The molecule has 17 heavy (non-hydrogen) atoms. The standard InChI is InChI=1S/C15H12BrN/c16-14-9-4-10-15(12-14)17-11-5-8-13-6-2-1-3-7-13/h1-4,6-7,9-10,12,17H,11H2. The lowest BCUT2D eigenvalue weighted by Crippen LogP contribution is -1.98. The first-order valence-electron chi connectivity index (χ1n) is 5.38. The van der Waals surface area contributed by atoms with Crippen LogP contribution in [0, 0.1) is 11.8 Å². The number of hydrogen-bond acceptors (Lipinski definition) is 1. The molecule has 0 radical (unpaired) electrons. The lowest BCUT2D eigenvalue weighted by atomic mass is 10.2. The van der Waals surface area contributed by atoms with Gasteiger partial charge in [0.2, 0.25) is 0 Å². The molecule has 0 saturated carbocycles. The van der Waals surface area contributed by atoms with Crippen LogP contribution in [-0.4, -0.2) is 6.54 Å². The molecule has 2 aromatic carbocycles. The van der Waals surface area contributed by atoms with Crippen LogP contribution >= 0.6 is 15.9 Å². The normalized spacial score (nSPS) is 9.24. The molecule has 0 fully saturated rings. The largest absolute Gasteiger partial charge is 0.374 e. The van der Waals surface area contributed by atoms with Gasteiger partial charge in [-0.25, -0.2) is 0 Å². The molecule has 0 aromatic heterocycles. The molecule has 0 aliphatic rings. The van der Waals surface area contributed by atoms with Gasteiger partial charge >= 0.3 is 0 Å². The summed E-state index contributed by atoms with van der Waals surface area (Å²) >= 11 is 3.43. The summed E-state index contributed by atoms with van der Waals surface area (Å²) in [5, 5.41) is 3.25. The van der Waals surface area contributed by atoms with Gasteiger partial charge in [-0.2, -0.15) is 0 Å². The van der Waals surface area contributed by atoms with Crippen LogP contribution in [0.15, 0.2) is 59.1 Å². The van der Waals surface area contributed by atoms with E-state index in [9.17, 15) is 0 Å². The maximum Gasteiger partial charge on any atom is 0.0769 e. The van der Waals surface area contributed by atoms with Crippen molar-refractivity contribution >= 4 is 21.6 Å². The summed E-state index contributed by atoms with van der Waals surface area (Å²) in [4.78, 5) is 0. The number of benzene rings is 2. The van der Waals surface area contributed by atoms with Gasteiger partial charge in [-0.1, -0.05) is 52.0 Å². The van der Waals surface area contributed by atoms with Crippen molar-refractivity contribution in [3.63, 3.8) is 0 Å². The van der Waals surface area contributed by atoms with Crippen LogP contribution < -0.4 is 5.32 Å². The van der Waals surface area contributed by atoms with Crippen LogP contribution in [0.5, 0.6) is 0 Å². The second kappa shape index (κ2) is 6.12. The Morgan fingerprint density at radius 3 is 2.59 bits per heavy atom. The fourth-order valence-electron chi connectivity index (χ4n) is 1.41. The Morgan fingerprint density at radius 1 is 1.00 bits per heavy atom. The van der Waals surface area contributed by atoms with Crippen molar-refractivity contribution in [1.29, 1.82) is 0 Å². The first-order valence-corrected chi connectivity index (χ1v) is 6.17. The van der Waals surface area contributed by atoms with Crippen molar-refractivity contribution in [2.24, 2.45) is 0 Å². The molecular weight excluding hydrogens is 274 g/mol. The smallest absolute Gasteiger partial charge is 0.0769 e. The highest BCUT2D eigenvalue weighted by molar-refractivity contribution is 9.10. The monoisotopic (exact) mass is 285 g/mol. The topological polar surface area (TPSA) is 12.0 Å². The minimum absolute atomic E-state index is 0.644. The zero-order valence-electron chi connectivity index (χ0n) is 9.28. The zero-order valence-corrected chi connectivity index (χ0v) is 10.9. The minimum atomic E-state index is 0.644. The van der Waals surface area contributed by atoms with E-state index in [4.69, 9.17) is 0 Å². The van der Waals surface area contributed by atoms with E-state index in [2.05, 4.69) is 33.1 Å². The molecule has 2 aromatic rings. The highest BCUT2D eigenvalue weighted by Crippen LogP contribution is 2.14. The molecule has 2 heteroatoms. The van der Waals surface area contributed by atoms with Crippen LogP contribution in [0.25, 0.3) is 0 Å². The van der Waals surface area contributed by atoms with Crippen molar-refractivity contribution in [3.8, 4) is 11.8 Å². The van der Waals surface area contributed by atoms with Crippen molar-refractivity contribution in [2.45, 2.75) is 0 Å². The van der Waals surface area contributed by atoms with Crippen LogP contribution in [0.2, 0.25) is 0 Å². The second-order valence-corrected chi connectivity index (χ2v) is 4.45. The van der Waals surface area contributed by atoms with E-state index in [-0.39, 0.29) is 0 Å². The van der Waals surface area contributed by atoms with Crippen LogP contribution in [0.4, 0.5) is 5.69 Å². The molecule has 0 aliphatic heterocycles. The molecule has 0 saturated heterocycles. The van der Waals surface area contributed by atoms with Crippen LogP contribution in [0.1, 0.15) is 5.56 Å². The van der Waals surface area contributed by atoms with Gasteiger partial charge in [0.05, 0.1) is 6.54 Å². The van der Waals surface area contributed by atoms with Crippen molar-refractivity contribution in [3.05, 3.63) is 64.6 Å². The summed E-state index contributed by atoms with van der Waals surface area (Å²) in [7, 11) is 0. The number of hydrogen-bond donors (Lipinski definition) is 1. The van der Waals surface area contributed by atoms with Crippen LogP contribution in [-0.2, 0) is 0 Å². The summed E-state index contributed by atoms with van der Waals surface area (Å²) in [6.07, 6.45) is 0. The Bertz CT molecular complexity index is 538. The first-order chi connectivity index (χ1) is 8.34. The van der Waals surface area contributed by atoms with Gasteiger partial charge in [0.25, 0.3) is 0 Å². The van der Waals surface area contributed by atoms with Gasteiger partial charge < -0.3 is 5.32 Å². The third-order valence-corrected chi connectivity index (χ3v) is 2.71. The highest BCUT2D eigenvalue weighted by Gasteiger charge is 1.90. The molecule has 84 valence electrons. The van der Waals surface area contributed by atoms with Gasteiger partial charge in [-0.3, -0.25) is 0 Å². The van der Waals surface area contributed by atoms with E-state index >= 15 is 0 Å². The van der Waals surface area contributed by atoms with E-state index in [1.807, 2.05) is 54.6 Å². The van der Waals surface area contributed by atoms with Gasteiger partial charge in [0, 0.05) is 15.7 Å². The van der Waals surface area contributed by atoms with E-state index in [1.54, 1.807) is 0 Å². The third-order valence-electron chi connectivity index (χ3n) is 2.21. The number of halogens is 1. The van der Waals surface area contributed by atoms with E-state index in [1.165, 1.54) is 0 Å². The zero-order chi connectivity index (χ0) is 11.9. The maximum absolute atomic E-state index is 3.43. The Balaban J connectivity index is 1.90. The van der Waals surface area contributed by atoms with E-state index in [0.29, 0.717) is 6.54 Å². The first kappa shape index (κ1) is 11.8. The van der Waals surface area contributed by atoms with Crippen molar-refractivity contribution < 1.29 is 0 Å². The predicted octanol–water partition coefficient (Wildman–Crippen LogP) is 3.91. The molecule has 0 unspecified atom stereocenters. The molecule has 0 aliphatic carbocycles. The Kier molecular flexibility index (Phi) is 4.23.